The predicted molar refractivity (Wildman–Crippen MR) is 55.4 cm³/mol. The number of aliphatic hydroxyl groups excluding tert-OH is 2. The van der Waals surface area contributed by atoms with Crippen LogP contribution in [-0.4, -0.2) is 39.4 Å². The summed E-state index contributed by atoms with van der Waals surface area (Å²) in [5.41, 5.74) is 0.566. The molecule has 1 saturated heterocycles. The van der Waals surface area contributed by atoms with Crippen molar-refractivity contribution in [3.8, 4) is 0 Å². The second-order valence-corrected chi connectivity index (χ2v) is 3.77. The van der Waals surface area contributed by atoms with E-state index in [9.17, 15) is 5.11 Å². The van der Waals surface area contributed by atoms with Crippen molar-refractivity contribution in [2.24, 2.45) is 0 Å². The van der Waals surface area contributed by atoms with Crippen LogP contribution in [0.3, 0.4) is 0 Å². The van der Waals surface area contributed by atoms with E-state index < -0.39 is 0 Å². The second kappa shape index (κ2) is 4.55. The summed E-state index contributed by atoms with van der Waals surface area (Å²) in [6.45, 7) is 1.44. The number of anilines is 1. The van der Waals surface area contributed by atoms with E-state index in [2.05, 4.69) is 9.97 Å². The third-order valence-electron chi connectivity index (χ3n) is 2.57. The highest BCUT2D eigenvalue weighted by Crippen LogP contribution is 2.16. The number of rotatable bonds is 2. The van der Waals surface area contributed by atoms with Gasteiger partial charge in [-0.3, -0.25) is 4.98 Å². The van der Waals surface area contributed by atoms with Crippen LogP contribution in [0.15, 0.2) is 12.4 Å². The van der Waals surface area contributed by atoms with Crippen molar-refractivity contribution < 1.29 is 10.2 Å². The van der Waals surface area contributed by atoms with Crippen LogP contribution in [-0.2, 0) is 6.61 Å². The van der Waals surface area contributed by atoms with Crippen molar-refractivity contribution in [1.82, 2.24) is 9.97 Å². The van der Waals surface area contributed by atoms with Gasteiger partial charge in [-0.15, -0.1) is 0 Å². The lowest BCUT2D eigenvalue weighted by Gasteiger charge is -2.30. The van der Waals surface area contributed by atoms with Crippen molar-refractivity contribution >= 4 is 5.82 Å². The van der Waals surface area contributed by atoms with Crippen molar-refractivity contribution in [3.05, 3.63) is 18.1 Å². The number of β-amino-alcohol motifs (C(OH)–C–C–N with tert-alkyl or cyclic N) is 1. The van der Waals surface area contributed by atoms with E-state index in [1.807, 2.05) is 4.90 Å². The molecule has 82 valence electrons. The number of hydrogen-bond acceptors (Lipinski definition) is 5. The Morgan fingerprint density at radius 3 is 2.87 bits per heavy atom. The van der Waals surface area contributed by atoms with Gasteiger partial charge >= 0.3 is 0 Å². The van der Waals surface area contributed by atoms with Crippen molar-refractivity contribution in [1.29, 1.82) is 0 Å². The summed E-state index contributed by atoms with van der Waals surface area (Å²) < 4.78 is 0. The van der Waals surface area contributed by atoms with Crippen molar-refractivity contribution in [2.75, 3.05) is 18.0 Å². The summed E-state index contributed by atoms with van der Waals surface area (Å²) in [5.74, 6) is 0.769. The van der Waals surface area contributed by atoms with Gasteiger partial charge in [0, 0.05) is 13.1 Å². The first-order chi connectivity index (χ1) is 7.29. The zero-order valence-electron chi connectivity index (χ0n) is 8.50. The van der Waals surface area contributed by atoms with Crippen LogP contribution in [0.2, 0.25) is 0 Å². The van der Waals surface area contributed by atoms with E-state index in [1.54, 1.807) is 12.4 Å². The summed E-state index contributed by atoms with van der Waals surface area (Å²) in [5, 5.41) is 18.3. The first kappa shape index (κ1) is 10.3. The lowest BCUT2D eigenvalue weighted by molar-refractivity contribution is 0.154. The fraction of sp³-hybridized carbons (Fsp3) is 0.600. The average molecular weight is 209 g/mol. The van der Waals surface area contributed by atoms with E-state index in [0.29, 0.717) is 12.2 Å². The van der Waals surface area contributed by atoms with E-state index in [0.717, 1.165) is 25.2 Å². The zero-order valence-corrected chi connectivity index (χ0v) is 8.50. The molecule has 0 radical (unpaired) electrons. The lowest BCUT2D eigenvalue weighted by atomic mass is 10.1. The highest BCUT2D eigenvalue weighted by atomic mass is 16.3. The molecule has 0 spiro atoms. The van der Waals surface area contributed by atoms with Crippen molar-refractivity contribution in [3.63, 3.8) is 0 Å². The third-order valence-corrected chi connectivity index (χ3v) is 2.57. The summed E-state index contributed by atoms with van der Waals surface area (Å²) in [6, 6.07) is 0. The van der Waals surface area contributed by atoms with Crippen LogP contribution in [0.25, 0.3) is 0 Å². The molecule has 1 aliphatic heterocycles. The molecule has 0 amide bonds. The van der Waals surface area contributed by atoms with Gasteiger partial charge in [0.2, 0.25) is 0 Å². The summed E-state index contributed by atoms with van der Waals surface area (Å²) in [7, 11) is 0. The summed E-state index contributed by atoms with van der Waals surface area (Å²) in [6.07, 6.45) is 4.78. The number of hydrogen-bond donors (Lipinski definition) is 2. The first-order valence-corrected chi connectivity index (χ1v) is 5.14. The normalized spacial score (nSPS) is 21.7. The van der Waals surface area contributed by atoms with E-state index in [1.165, 1.54) is 0 Å². The first-order valence-electron chi connectivity index (χ1n) is 5.14. The molecular weight excluding hydrogens is 194 g/mol. The molecule has 0 bridgehead atoms. The molecule has 0 aliphatic carbocycles. The Balaban J connectivity index is 2.07. The van der Waals surface area contributed by atoms with Gasteiger partial charge < -0.3 is 15.1 Å². The zero-order chi connectivity index (χ0) is 10.7. The Bertz CT molecular complexity index is 315. The molecule has 1 atom stereocenters. The molecule has 15 heavy (non-hydrogen) atoms. The minimum absolute atomic E-state index is 0.0874. The predicted octanol–water partition coefficient (Wildman–Crippen LogP) is -0.0700. The van der Waals surface area contributed by atoms with Gasteiger partial charge in [-0.1, -0.05) is 0 Å². The molecule has 2 N–H and O–H groups in total. The van der Waals surface area contributed by atoms with E-state index >= 15 is 0 Å². The molecule has 0 aromatic carbocycles. The molecule has 1 aromatic heterocycles. The van der Waals surface area contributed by atoms with Crippen molar-refractivity contribution in [2.45, 2.75) is 25.6 Å². The number of nitrogens with zero attached hydrogens (tertiary/aromatic N) is 3. The topological polar surface area (TPSA) is 69.5 Å². The molecule has 5 heteroatoms. The molecule has 1 aromatic rings. The number of aliphatic hydroxyl groups is 2. The highest BCUT2D eigenvalue weighted by molar-refractivity contribution is 5.36. The number of aromatic nitrogens is 2. The van der Waals surface area contributed by atoms with Crippen LogP contribution < -0.4 is 4.90 Å². The molecular formula is C10H15N3O2. The van der Waals surface area contributed by atoms with E-state index in [-0.39, 0.29) is 12.7 Å². The SMILES string of the molecule is OCc1cnc(N2CCCC(O)C2)cn1. The monoisotopic (exact) mass is 209 g/mol. The number of piperidine rings is 1. The molecule has 2 rings (SSSR count). The average Bonchev–Trinajstić information content (AvgIpc) is 2.29. The van der Waals surface area contributed by atoms with Gasteiger partial charge in [0.25, 0.3) is 0 Å². The van der Waals surface area contributed by atoms with Crippen LogP contribution in [0.4, 0.5) is 5.82 Å². The summed E-state index contributed by atoms with van der Waals surface area (Å²) in [4.78, 5) is 10.3. The summed E-state index contributed by atoms with van der Waals surface area (Å²) >= 11 is 0. The van der Waals surface area contributed by atoms with Gasteiger partial charge in [0.05, 0.1) is 30.8 Å². The minimum Gasteiger partial charge on any atom is -0.391 e. The Kier molecular flexibility index (Phi) is 3.13. The van der Waals surface area contributed by atoms with Crippen LogP contribution in [0, 0.1) is 0 Å². The van der Waals surface area contributed by atoms with Gasteiger partial charge in [-0.05, 0) is 12.8 Å². The molecule has 1 aliphatic rings. The van der Waals surface area contributed by atoms with Crippen LogP contribution in [0.1, 0.15) is 18.5 Å². The maximum Gasteiger partial charge on any atom is 0.147 e. The minimum atomic E-state index is -0.266. The fourth-order valence-corrected chi connectivity index (χ4v) is 1.76. The molecule has 2 heterocycles. The van der Waals surface area contributed by atoms with Crippen LogP contribution in [0.5, 0.6) is 0 Å². The maximum atomic E-state index is 9.51. The third kappa shape index (κ3) is 2.43. The van der Waals surface area contributed by atoms with Gasteiger partial charge in [0.15, 0.2) is 0 Å². The van der Waals surface area contributed by atoms with Crippen LogP contribution >= 0.6 is 0 Å². The quantitative estimate of drug-likeness (QED) is 0.713. The highest BCUT2D eigenvalue weighted by Gasteiger charge is 2.18. The Hall–Kier alpha value is -1.20. The van der Waals surface area contributed by atoms with Gasteiger partial charge in [-0.2, -0.15) is 0 Å². The maximum absolute atomic E-state index is 9.51. The fourth-order valence-electron chi connectivity index (χ4n) is 1.76. The van der Waals surface area contributed by atoms with Gasteiger partial charge in [-0.25, -0.2) is 4.98 Å². The van der Waals surface area contributed by atoms with E-state index in [4.69, 9.17) is 5.11 Å². The Morgan fingerprint density at radius 1 is 1.40 bits per heavy atom. The molecule has 5 nitrogen and oxygen atoms in total. The largest absolute Gasteiger partial charge is 0.391 e. The molecule has 0 saturated carbocycles. The Labute approximate surface area is 88.4 Å². The molecule has 1 fully saturated rings. The smallest absolute Gasteiger partial charge is 0.147 e. The van der Waals surface area contributed by atoms with Gasteiger partial charge in [0.1, 0.15) is 5.82 Å². The second-order valence-electron chi connectivity index (χ2n) is 3.77. The lowest BCUT2D eigenvalue weighted by Crippen LogP contribution is -2.38. The molecule has 1 unspecified atom stereocenters. The Morgan fingerprint density at radius 2 is 2.27 bits per heavy atom. The standard InChI is InChI=1S/C10H15N3O2/c14-7-8-4-12-10(5-11-8)13-3-1-2-9(15)6-13/h4-5,9,14-15H,1-3,6-7H2.